The number of hydrogen-bond acceptors (Lipinski definition) is 3. The van der Waals surface area contributed by atoms with Crippen LogP contribution in [-0.2, 0) is 0 Å². The first kappa shape index (κ1) is 11.9. The molecule has 0 unspecified atom stereocenters. The average Bonchev–Trinajstić information content (AvgIpc) is 2.40. The number of nitrogens with two attached hydrogens (primary N) is 2. The number of carbonyl (C=O) groups is 1. The maximum absolute atomic E-state index is 11.9. The summed E-state index contributed by atoms with van der Waals surface area (Å²) in [4.78, 5) is 11.9. The van der Waals surface area contributed by atoms with E-state index in [2.05, 4.69) is 0 Å². The largest absolute Gasteiger partial charge is 0.397 e. The molecule has 0 heterocycles. The topological polar surface area (TPSA) is 69.1 Å². The van der Waals surface area contributed by atoms with Crippen LogP contribution in [0.2, 0.25) is 0 Å². The van der Waals surface area contributed by atoms with Crippen molar-refractivity contribution in [2.45, 2.75) is 0 Å². The fourth-order valence-corrected chi connectivity index (χ4v) is 1.56. The van der Waals surface area contributed by atoms with Gasteiger partial charge in [-0.2, -0.15) is 0 Å². The van der Waals surface area contributed by atoms with Crippen LogP contribution in [0, 0.1) is 0 Å². The van der Waals surface area contributed by atoms with Crippen LogP contribution in [0.3, 0.4) is 0 Å². The molecule has 3 heteroatoms. The van der Waals surface area contributed by atoms with Gasteiger partial charge in [0, 0.05) is 5.56 Å². The van der Waals surface area contributed by atoms with E-state index in [9.17, 15) is 4.79 Å². The molecule has 0 amide bonds. The fraction of sp³-hybridized carbons (Fsp3) is 0. The highest BCUT2D eigenvalue weighted by Crippen LogP contribution is 2.16. The summed E-state index contributed by atoms with van der Waals surface area (Å²) in [6, 6.07) is 14.5. The number of benzene rings is 2. The summed E-state index contributed by atoms with van der Waals surface area (Å²) in [5, 5.41) is 0. The molecule has 2 aromatic carbocycles. The lowest BCUT2D eigenvalue weighted by molar-refractivity contribution is 0.104. The van der Waals surface area contributed by atoms with Gasteiger partial charge >= 0.3 is 0 Å². The summed E-state index contributed by atoms with van der Waals surface area (Å²) < 4.78 is 0. The number of nitrogen functional groups attached to an aromatic ring is 2. The smallest absolute Gasteiger partial charge is 0.185 e. The van der Waals surface area contributed by atoms with Gasteiger partial charge in [0.2, 0.25) is 0 Å². The van der Waals surface area contributed by atoms with Crippen LogP contribution in [0.25, 0.3) is 6.08 Å². The van der Waals surface area contributed by atoms with E-state index in [-0.39, 0.29) is 5.78 Å². The highest BCUT2D eigenvalue weighted by molar-refractivity contribution is 6.07. The van der Waals surface area contributed by atoms with Gasteiger partial charge in [-0.3, -0.25) is 4.79 Å². The van der Waals surface area contributed by atoms with Gasteiger partial charge in [-0.1, -0.05) is 36.4 Å². The second-order valence-corrected chi connectivity index (χ2v) is 3.95. The Morgan fingerprint density at radius 3 is 2.33 bits per heavy atom. The molecule has 0 aromatic heterocycles. The SMILES string of the molecule is Nc1ccc(C(=O)C=Cc2ccccc2)cc1N. The molecule has 18 heavy (non-hydrogen) atoms. The average molecular weight is 238 g/mol. The number of anilines is 2. The lowest BCUT2D eigenvalue weighted by Gasteiger charge is -2.01. The van der Waals surface area contributed by atoms with Gasteiger partial charge in [-0.15, -0.1) is 0 Å². The Balaban J connectivity index is 2.17. The van der Waals surface area contributed by atoms with Gasteiger partial charge < -0.3 is 11.5 Å². The van der Waals surface area contributed by atoms with Crippen LogP contribution in [0.1, 0.15) is 15.9 Å². The van der Waals surface area contributed by atoms with E-state index in [1.54, 1.807) is 24.3 Å². The van der Waals surface area contributed by atoms with Crippen LogP contribution in [0.15, 0.2) is 54.6 Å². The van der Waals surface area contributed by atoms with E-state index >= 15 is 0 Å². The van der Waals surface area contributed by atoms with Gasteiger partial charge in [0.25, 0.3) is 0 Å². The molecule has 0 spiro atoms. The summed E-state index contributed by atoms with van der Waals surface area (Å²) in [7, 11) is 0. The van der Waals surface area contributed by atoms with Crippen LogP contribution >= 0.6 is 0 Å². The molecule has 0 aliphatic carbocycles. The molecule has 0 aliphatic heterocycles. The number of hydrogen-bond donors (Lipinski definition) is 2. The summed E-state index contributed by atoms with van der Waals surface area (Å²) >= 11 is 0. The van der Waals surface area contributed by atoms with Crippen molar-refractivity contribution in [2.75, 3.05) is 11.5 Å². The van der Waals surface area contributed by atoms with Crippen LogP contribution in [0.5, 0.6) is 0 Å². The Morgan fingerprint density at radius 2 is 1.67 bits per heavy atom. The minimum Gasteiger partial charge on any atom is -0.397 e. The molecule has 0 fully saturated rings. The Kier molecular flexibility index (Phi) is 3.44. The molecule has 90 valence electrons. The number of ketones is 1. The van der Waals surface area contributed by atoms with Crippen LogP contribution in [-0.4, -0.2) is 5.78 Å². The Hall–Kier alpha value is -2.55. The minimum absolute atomic E-state index is 0.0921. The Bertz CT molecular complexity index is 589. The van der Waals surface area contributed by atoms with Crippen molar-refractivity contribution < 1.29 is 4.79 Å². The van der Waals surface area contributed by atoms with E-state index in [1.807, 2.05) is 30.3 Å². The van der Waals surface area contributed by atoms with E-state index in [1.165, 1.54) is 6.08 Å². The van der Waals surface area contributed by atoms with Gasteiger partial charge in [0.05, 0.1) is 11.4 Å². The number of carbonyl (C=O) groups excluding carboxylic acids is 1. The monoisotopic (exact) mass is 238 g/mol. The van der Waals surface area contributed by atoms with Crippen molar-refractivity contribution >= 4 is 23.2 Å². The predicted octanol–water partition coefficient (Wildman–Crippen LogP) is 2.75. The van der Waals surface area contributed by atoms with Crippen molar-refractivity contribution in [2.24, 2.45) is 0 Å². The second-order valence-electron chi connectivity index (χ2n) is 3.95. The maximum Gasteiger partial charge on any atom is 0.185 e. The molecule has 0 saturated carbocycles. The molecule has 0 saturated heterocycles. The molecule has 0 radical (unpaired) electrons. The van der Waals surface area contributed by atoms with Gasteiger partial charge in [-0.25, -0.2) is 0 Å². The third-order valence-electron chi connectivity index (χ3n) is 2.60. The first-order chi connectivity index (χ1) is 8.66. The molecule has 2 rings (SSSR count). The zero-order valence-electron chi connectivity index (χ0n) is 9.84. The molecular formula is C15H14N2O. The number of allylic oxidation sites excluding steroid dienone is 1. The third kappa shape index (κ3) is 2.77. The minimum atomic E-state index is -0.0921. The summed E-state index contributed by atoms with van der Waals surface area (Å²) in [6.45, 7) is 0. The van der Waals surface area contributed by atoms with Crippen molar-refractivity contribution in [3.05, 3.63) is 65.7 Å². The third-order valence-corrected chi connectivity index (χ3v) is 2.60. The highest BCUT2D eigenvalue weighted by Gasteiger charge is 2.03. The summed E-state index contributed by atoms with van der Waals surface area (Å²) in [5.41, 5.74) is 13.7. The van der Waals surface area contributed by atoms with Gasteiger partial charge in [0.15, 0.2) is 5.78 Å². The molecule has 0 bridgehead atoms. The van der Waals surface area contributed by atoms with Crippen molar-refractivity contribution in [1.82, 2.24) is 0 Å². The quantitative estimate of drug-likeness (QED) is 0.490. The van der Waals surface area contributed by atoms with Gasteiger partial charge in [0.1, 0.15) is 0 Å². The van der Waals surface area contributed by atoms with Crippen molar-refractivity contribution in [3.8, 4) is 0 Å². The standard InChI is InChI=1S/C15H14N2O/c16-13-8-7-12(10-14(13)17)15(18)9-6-11-4-2-1-3-5-11/h1-10H,16-17H2. The molecule has 0 aliphatic rings. The van der Waals surface area contributed by atoms with Gasteiger partial charge in [-0.05, 0) is 29.8 Å². The van der Waals surface area contributed by atoms with E-state index < -0.39 is 0 Å². The first-order valence-corrected chi connectivity index (χ1v) is 5.59. The van der Waals surface area contributed by atoms with Crippen molar-refractivity contribution in [1.29, 1.82) is 0 Å². The summed E-state index contributed by atoms with van der Waals surface area (Å²) in [6.07, 6.45) is 3.30. The van der Waals surface area contributed by atoms with E-state index in [0.29, 0.717) is 16.9 Å². The highest BCUT2D eigenvalue weighted by atomic mass is 16.1. The first-order valence-electron chi connectivity index (χ1n) is 5.59. The Labute approximate surface area is 106 Å². The van der Waals surface area contributed by atoms with E-state index in [4.69, 9.17) is 11.5 Å². The van der Waals surface area contributed by atoms with Crippen LogP contribution in [0.4, 0.5) is 11.4 Å². The zero-order chi connectivity index (χ0) is 13.0. The number of rotatable bonds is 3. The van der Waals surface area contributed by atoms with Crippen LogP contribution < -0.4 is 11.5 Å². The Morgan fingerprint density at radius 1 is 0.944 bits per heavy atom. The van der Waals surface area contributed by atoms with E-state index in [0.717, 1.165) is 5.56 Å². The lowest BCUT2D eigenvalue weighted by Crippen LogP contribution is -1.99. The molecule has 0 atom stereocenters. The summed E-state index contributed by atoms with van der Waals surface area (Å²) in [5.74, 6) is -0.0921. The molecular weight excluding hydrogens is 224 g/mol. The second kappa shape index (κ2) is 5.19. The normalized spacial score (nSPS) is 10.7. The molecule has 3 nitrogen and oxygen atoms in total. The molecule has 4 N–H and O–H groups in total. The molecule has 2 aromatic rings. The fourth-order valence-electron chi connectivity index (χ4n) is 1.56. The zero-order valence-corrected chi connectivity index (χ0v) is 9.84. The predicted molar refractivity (Wildman–Crippen MR) is 75.1 cm³/mol. The lowest BCUT2D eigenvalue weighted by atomic mass is 10.1. The maximum atomic E-state index is 11.9. The van der Waals surface area contributed by atoms with Crippen molar-refractivity contribution in [3.63, 3.8) is 0 Å².